The second-order valence-electron chi connectivity index (χ2n) is 10.5. The zero-order valence-corrected chi connectivity index (χ0v) is 23.7. The Morgan fingerprint density at radius 3 is 2.03 bits per heavy atom. The van der Waals surface area contributed by atoms with Gasteiger partial charge in [-0.05, 0) is 36.2 Å². The molecule has 1 aliphatic heterocycles. The van der Waals surface area contributed by atoms with Gasteiger partial charge in [-0.2, -0.15) is 0 Å². The zero-order valence-electron chi connectivity index (χ0n) is 23.7. The van der Waals surface area contributed by atoms with Gasteiger partial charge in [-0.15, -0.1) is 0 Å². The van der Waals surface area contributed by atoms with E-state index in [0.717, 1.165) is 36.6 Å². The Morgan fingerprint density at radius 2 is 1.42 bits per heavy atom. The van der Waals surface area contributed by atoms with Crippen LogP contribution in [-0.2, 0) is 11.3 Å². The van der Waals surface area contributed by atoms with Crippen molar-refractivity contribution in [1.82, 2.24) is 4.90 Å². The average molecular weight is 517 g/mol. The van der Waals surface area contributed by atoms with E-state index in [1.54, 1.807) is 0 Å². The lowest BCUT2D eigenvalue weighted by Gasteiger charge is -2.26. The topological polar surface area (TPSA) is 32.8 Å². The minimum absolute atomic E-state index is 0.00583. The van der Waals surface area contributed by atoms with Gasteiger partial charge in [0.1, 0.15) is 5.75 Å². The largest absolute Gasteiger partial charge is 0.494 e. The summed E-state index contributed by atoms with van der Waals surface area (Å²) < 4.78 is 5.99. The Morgan fingerprint density at radius 1 is 0.816 bits per heavy atom. The molecule has 0 aromatic heterocycles. The second-order valence-corrected chi connectivity index (χ2v) is 10.5. The number of likely N-dealkylation sites (N-methyl/N-ethyl adjacent to an activating group) is 1. The van der Waals surface area contributed by atoms with Crippen LogP contribution < -0.4 is 9.64 Å². The number of hydrogen-bond acceptors (Lipinski definition) is 3. The molecule has 0 unspecified atom stereocenters. The standard InChI is InChI=1S/C34H48N2O2/c1-3-4-5-6-7-8-9-10-11-12-13-17-27-38-33-24-22-30(23-25-33)28-36(32-20-15-14-16-21-32)34(37)31-19-18-26-35(2)29-31/h14-16,18-25,29H,3-13,17,26-28H2,1-2H3. The number of carbonyl (C=O) groups is 1. The molecule has 0 saturated carbocycles. The van der Waals surface area contributed by atoms with E-state index in [-0.39, 0.29) is 5.91 Å². The molecule has 0 radical (unpaired) electrons. The van der Waals surface area contributed by atoms with E-state index in [0.29, 0.717) is 12.1 Å². The molecule has 3 rings (SSSR count). The smallest absolute Gasteiger partial charge is 0.260 e. The summed E-state index contributed by atoms with van der Waals surface area (Å²) in [6.07, 6.45) is 22.0. The number of unbranched alkanes of at least 4 members (excludes halogenated alkanes) is 11. The van der Waals surface area contributed by atoms with E-state index in [2.05, 4.69) is 19.1 Å². The maximum absolute atomic E-state index is 13.4. The maximum atomic E-state index is 13.4. The maximum Gasteiger partial charge on any atom is 0.260 e. The summed E-state index contributed by atoms with van der Waals surface area (Å²) in [6.45, 7) is 4.37. The molecule has 1 heterocycles. The van der Waals surface area contributed by atoms with E-state index in [1.807, 2.05) is 77.7 Å². The molecule has 2 aromatic carbocycles. The van der Waals surface area contributed by atoms with Gasteiger partial charge in [-0.3, -0.25) is 4.79 Å². The van der Waals surface area contributed by atoms with E-state index >= 15 is 0 Å². The van der Waals surface area contributed by atoms with Crippen LogP contribution in [0, 0.1) is 0 Å². The molecule has 0 fully saturated rings. The van der Waals surface area contributed by atoms with Crippen LogP contribution >= 0.6 is 0 Å². The number of ether oxygens (including phenoxy) is 1. The summed E-state index contributed by atoms with van der Waals surface area (Å²) in [5, 5.41) is 0. The Hall–Kier alpha value is -3.01. The number of amides is 1. The van der Waals surface area contributed by atoms with Crippen LogP contribution in [0.1, 0.15) is 89.5 Å². The number of benzene rings is 2. The summed E-state index contributed by atoms with van der Waals surface area (Å²) in [5.41, 5.74) is 2.67. The average Bonchev–Trinajstić information content (AvgIpc) is 2.95. The lowest BCUT2D eigenvalue weighted by Crippen LogP contribution is -2.32. The highest BCUT2D eigenvalue weighted by molar-refractivity contribution is 6.07. The molecule has 4 heteroatoms. The molecule has 0 aliphatic carbocycles. The van der Waals surface area contributed by atoms with Gasteiger partial charge in [0.15, 0.2) is 0 Å². The van der Waals surface area contributed by atoms with Crippen molar-refractivity contribution in [2.45, 2.75) is 90.5 Å². The highest BCUT2D eigenvalue weighted by Crippen LogP contribution is 2.22. The first-order chi connectivity index (χ1) is 18.7. The van der Waals surface area contributed by atoms with Crippen LogP contribution in [0.5, 0.6) is 5.75 Å². The van der Waals surface area contributed by atoms with E-state index in [1.165, 1.54) is 70.6 Å². The van der Waals surface area contributed by atoms with Crippen molar-refractivity contribution in [3.8, 4) is 5.75 Å². The molecular formula is C34H48N2O2. The van der Waals surface area contributed by atoms with Crippen LogP contribution in [-0.4, -0.2) is 31.0 Å². The van der Waals surface area contributed by atoms with Crippen molar-refractivity contribution in [2.24, 2.45) is 0 Å². The summed E-state index contributed by atoms with van der Waals surface area (Å²) in [5.74, 6) is 0.903. The van der Waals surface area contributed by atoms with Gasteiger partial charge in [0, 0.05) is 25.5 Å². The Balaban J connectivity index is 1.38. The fourth-order valence-corrected chi connectivity index (χ4v) is 4.86. The molecule has 0 spiro atoms. The lowest BCUT2D eigenvalue weighted by molar-refractivity contribution is -0.115. The van der Waals surface area contributed by atoms with Gasteiger partial charge < -0.3 is 14.5 Å². The number of rotatable bonds is 18. The van der Waals surface area contributed by atoms with Gasteiger partial charge in [0.05, 0.1) is 18.7 Å². The minimum atomic E-state index is 0.00583. The predicted octanol–water partition coefficient (Wildman–Crippen LogP) is 8.69. The fraction of sp³-hybridized carbons (Fsp3) is 0.500. The Kier molecular flexibility index (Phi) is 13.6. The molecule has 0 N–H and O–H groups in total. The monoisotopic (exact) mass is 516 g/mol. The highest BCUT2D eigenvalue weighted by atomic mass is 16.5. The molecule has 1 aliphatic rings. The van der Waals surface area contributed by atoms with Crippen molar-refractivity contribution in [2.75, 3.05) is 25.1 Å². The Labute approximate surface area is 231 Å². The summed E-state index contributed by atoms with van der Waals surface area (Å²) in [6, 6.07) is 18.1. The molecule has 38 heavy (non-hydrogen) atoms. The molecule has 0 atom stereocenters. The van der Waals surface area contributed by atoms with Crippen molar-refractivity contribution in [1.29, 1.82) is 0 Å². The molecule has 0 bridgehead atoms. The quantitative estimate of drug-likeness (QED) is 0.186. The first-order valence-electron chi connectivity index (χ1n) is 14.8. The predicted molar refractivity (Wildman–Crippen MR) is 160 cm³/mol. The van der Waals surface area contributed by atoms with Crippen LogP contribution in [0.2, 0.25) is 0 Å². The van der Waals surface area contributed by atoms with Crippen molar-refractivity contribution >= 4 is 11.6 Å². The van der Waals surface area contributed by atoms with Gasteiger partial charge in [-0.25, -0.2) is 0 Å². The van der Waals surface area contributed by atoms with Gasteiger partial charge in [0.25, 0.3) is 5.91 Å². The molecule has 0 saturated heterocycles. The number of nitrogens with zero attached hydrogens (tertiary/aromatic N) is 2. The molecular weight excluding hydrogens is 468 g/mol. The van der Waals surface area contributed by atoms with Crippen molar-refractivity contribution in [3.63, 3.8) is 0 Å². The number of hydrogen-bond donors (Lipinski definition) is 0. The first-order valence-corrected chi connectivity index (χ1v) is 14.8. The summed E-state index contributed by atoms with van der Waals surface area (Å²) in [7, 11) is 1.99. The lowest BCUT2D eigenvalue weighted by atomic mass is 10.1. The summed E-state index contributed by atoms with van der Waals surface area (Å²) in [4.78, 5) is 17.3. The van der Waals surface area contributed by atoms with Gasteiger partial charge in [-0.1, -0.05) is 120 Å². The van der Waals surface area contributed by atoms with Gasteiger partial charge in [0.2, 0.25) is 0 Å². The molecule has 1 amide bonds. The Bertz CT molecular complexity index is 981. The third kappa shape index (κ3) is 10.8. The number of carbonyl (C=O) groups excluding carboxylic acids is 1. The van der Waals surface area contributed by atoms with Crippen LogP contribution in [0.3, 0.4) is 0 Å². The van der Waals surface area contributed by atoms with E-state index < -0.39 is 0 Å². The molecule has 2 aromatic rings. The zero-order chi connectivity index (χ0) is 26.8. The van der Waals surface area contributed by atoms with Crippen LogP contribution in [0.25, 0.3) is 0 Å². The van der Waals surface area contributed by atoms with E-state index in [9.17, 15) is 4.79 Å². The summed E-state index contributed by atoms with van der Waals surface area (Å²) >= 11 is 0. The third-order valence-electron chi connectivity index (χ3n) is 7.14. The fourth-order valence-electron chi connectivity index (χ4n) is 4.86. The van der Waals surface area contributed by atoms with Crippen LogP contribution in [0.4, 0.5) is 5.69 Å². The number of para-hydroxylation sites is 1. The first kappa shape index (κ1) is 29.5. The van der Waals surface area contributed by atoms with E-state index in [4.69, 9.17) is 4.74 Å². The highest BCUT2D eigenvalue weighted by Gasteiger charge is 2.20. The SMILES string of the molecule is CCCCCCCCCCCCCCOc1ccc(CN(C(=O)C2=CN(C)CC=C2)c2ccccc2)cc1. The second kappa shape index (κ2) is 17.5. The van der Waals surface area contributed by atoms with Crippen LogP contribution in [0.15, 0.2) is 78.5 Å². The van der Waals surface area contributed by atoms with Crippen molar-refractivity contribution in [3.05, 3.63) is 84.1 Å². The van der Waals surface area contributed by atoms with Crippen molar-refractivity contribution < 1.29 is 9.53 Å². The molecule has 4 nitrogen and oxygen atoms in total. The third-order valence-corrected chi connectivity index (χ3v) is 7.14. The molecule has 206 valence electrons. The normalized spacial score (nSPS) is 12.9. The van der Waals surface area contributed by atoms with Gasteiger partial charge >= 0.3 is 0 Å². The number of anilines is 1. The minimum Gasteiger partial charge on any atom is -0.494 e.